The molecule has 0 unspecified atom stereocenters. The van der Waals surface area contributed by atoms with Crippen LogP contribution in [-0.2, 0) is 9.53 Å². The molecule has 0 aromatic heterocycles. The van der Waals surface area contributed by atoms with Gasteiger partial charge in [0.1, 0.15) is 0 Å². The Kier molecular flexibility index (Phi) is 6.76. The van der Waals surface area contributed by atoms with Crippen molar-refractivity contribution < 1.29 is 28.7 Å². The quantitative estimate of drug-likeness (QED) is 0.400. The number of nitrogens with one attached hydrogen (secondary N) is 2. The first-order valence-electron chi connectivity index (χ1n) is 9.75. The van der Waals surface area contributed by atoms with Crippen molar-refractivity contribution in [1.29, 1.82) is 0 Å². The molecule has 0 aliphatic carbocycles. The van der Waals surface area contributed by atoms with Crippen LogP contribution in [0.15, 0.2) is 48.5 Å². The van der Waals surface area contributed by atoms with Gasteiger partial charge in [-0.2, -0.15) is 0 Å². The van der Waals surface area contributed by atoms with E-state index in [0.29, 0.717) is 6.54 Å². The first-order chi connectivity index (χ1) is 14.9. The number of carbonyl (C=O) groups excluding carboxylic acids is 5. The maximum Gasteiger partial charge on any atom is 0.338 e. The molecule has 0 fully saturated rings. The van der Waals surface area contributed by atoms with E-state index in [9.17, 15) is 24.0 Å². The SMILES string of the molecule is CCCCNC(=O)NC(=O)COC(=O)c1cccc(N2C(=O)c3ccccc3C2=O)c1. The van der Waals surface area contributed by atoms with Crippen molar-refractivity contribution in [1.82, 2.24) is 10.6 Å². The van der Waals surface area contributed by atoms with E-state index in [0.717, 1.165) is 17.7 Å². The Bertz CT molecular complexity index is 1010. The molecule has 0 bridgehead atoms. The molecule has 0 atom stereocenters. The summed E-state index contributed by atoms with van der Waals surface area (Å²) in [6, 6.07) is 11.6. The molecule has 5 amide bonds. The number of unbranched alkanes of at least 4 members (excludes halogenated alkanes) is 1. The number of benzene rings is 2. The normalized spacial score (nSPS) is 12.4. The fourth-order valence-corrected chi connectivity index (χ4v) is 3.00. The number of nitrogens with zero attached hydrogens (tertiary/aromatic N) is 1. The van der Waals surface area contributed by atoms with Crippen molar-refractivity contribution in [3.63, 3.8) is 0 Å². The van der Waals surface area contributed by atoms with Gasteiger partial charge in [-0.05, 0) is 36.8 Å². The number of rotatable bonds is 7. The zero-order valence-corrected chi connectivity index (χ0v) is 16.8. The van der Waals surface area contributed by atoms with Gasteiger partial charge in [-0.1, -0.05) is 31.5 Å². The van der Waals surface area contributed by atoms with E-state index < -0.39 is 36.3 Å². The lowest BCUT2D eigenvalue weighted by Crippen LogP contribution is -2.41. The number of esters is 1. The molecular weight excluding hydrogens is 402 g/mol. The van der Waals surface area contributed by atoms with E-state index in [1.54, 1.807) is 24.3 Å². The third-order valence-corrected chi connectivity index (χ3v) is 4.54. The summed E-state index contributed by atoms with van der Waals surface area (Å²) < 4.78 is 4.93. The van der Waals surface area contributed by atoms with Crippen LogP contribution in [-0.4, -0.2) is 42.9 Å². The van der Waals surface area contributed by atoms with Crippen LogP contribution in [0.1, 0.15) is 50.8 Å². The number of anilines is 1. The summed E-state index contributed by atoms with van der Waals surface area (Å²) in [6.07, 6.45) is 1.67. The Morgan fingerprint density at radius 2 is 1.65 bits per heavy atom. The number of amides is 5. The van der Waals surface area contributed by atoms with E-state index in [2.05, 4.69) is 10.6 Å². The van der Waals surface area contributed by atoms with Crippen molar-refractivity contribution >= 4 is 35.4 Å². The molecular formula is C22H21N3O6. The first kappa shape index (κ1) is 21.7. The predicted molar refractivity (Wildman–Crippen MR) is 111 cm³/mol. The fourth-order valence-electron chi connectivity index (χ4n) is 3.00. The van der Waals surface area contributed by atoms with Crippen LogP contribution >= 0.6 is 0 Å². The molecule has 2 aromatic carbocycles. The highest BCUT2D eigenvalue weighted by Crippen LogP contribution is 2.28. The number of imide groups is 2. The predicted octanol–water partition coefficient (Wildman–Crippen LogP) is 2.27. The number of fused-ring (bicyclic) bond motifs is 1. The number of ether oxygens (including phenoxy) is 1. The summed E-state index contributed by atoms with van der Waals surface area (Å²) in [5, 5.41) is 4.57. The molecule has 1 aliphatic heterocycles. The van der Waals surface area contributed by atoms with Crippen molar-refractivity contribution in [3.8, 4) is 0 Å². The summed E-state index contributed by atoms with van der Waals surface area (Å²) in [7, 11) is 0. The van der Waals surface area contributed by atoms with Gasteiger partial charge in [0, 0.05) is 6.54 Å². The van der Waals surface area contributed by atoms with Gasteiger partial charge in [-0.15, -0.1) is 0 Å². The maximum atomic E-state index is 12.6. The summed E-state index contributed by atoms with van der Waals surface area (Å²) in [5.41, 5.74) is 0.832. The van der Waals surface area contributed by atoms with Crippen LogP contribution in [0.5, 0.6) is 0 Å². The lowest BCUT2D eigenvalue weighted by molar-refractivity contribution is -0.123. The van der Waals surface area contributed by atoms with E-state index >= 15 is 0 Å². The van der Waals surface area contributed by atoms with Crippen LogP contribution in [0.25, 0.3) is 0 Å². The first-order valence-corrected chi connectivity index (χ1v) is 9.75. The number of hydrogen-bond donors (Lipinski definition) is 2. The number of hydrogen-bond acceptors (Lipinski definition) is 6. The van der Waals surface area contributed by atoms with Gasteiger partial charge in [0.05, 0.1) is 22.4 Å². The standard InChI is InChI=1S/C22H21N3O6/c1-2-3-11-23-22(30)24-18(26)13-31-21(29)14-7-6-8-15(12-14)25-19(27)16-9-4-5-10-17(16)20(25)28/h4-10,12H,2-3,11,13H2,1H3,(H2,23,24,26,30). The van der Waals surface area contributed by atoms with Gasteiger partial charge in [0.25, 0.3) is 17.7 Å². The van der Waals surface area contributed by atoms with Gasteiger partial charge in [-0.25, -0.2) is 14.5 Å². The minimum absolute atomic E-state index is 0.0502. The highest BCUT2D eigenvalue weighted by Gasteiger charge is 2.36. The van der Waals surface area contributed by atoms with Crippen LogP contribution in [0.4, 0.5) is 10.5 Å². The molecule has 0 radical (unpaired) electrons. The zero-order valence-electron chi connectivity index (χ0n) is 16.8. The third kappa shape index (κ3) is 4.95. The molecule has 9 nitrogen and oxygen atoms in total. The molecule has 0 saturated carbocycles. The Morgan fingerprint density at radius 1 is 0.968 bits per heavy atom. The van der Waals surface area contributed by atoms with Crippen LogP contribution in [0.2, 0.25) is 0 Å². The second kappa shape index (κ2) is 9.66. The van der Waals surface area contributed by atoms with Crippen molar-refractivity contribution in [2.75, 3.05) is 18.1 Å². The molecule has 2 N–H and O–H groups in total. The van der Waals surface area contributed by atoms with Gasteiger partial charge in [-0.3, -0.25) is 19.7 Å². The topological polar surface area (TPSA) is 122 Å². The minimum Gasteiger partial charge on any atom is -0.452 e. The molecule has 0 saturated heterocycles. The molecule has 1 aliphatic rings. The van der Waals surface area contributed by atoms with Gasteiger partial charge < -0.3 is 10.1 Å². The lowest BCUT2D eigenvalue weighted by Gasteiger charge is -2.14. The number of carbonyl (C=O) groups is 5. The second-order valence-electron chi connectivity index (χ2n) is 6.78. The minimum atomic E-state index is -0.833. The lowest BCUT2D eigenvalue weighted by atomic mass is 10.1. The largest absolute Gasteiger partial charge is 0.452 e. The average Bonchev–Trinajstić information content (AvgIpc) is 3.02. The van der Waals surface area contributed by atoms with Crippen molar-refractivity contribution in [2.45, 2.75) is 19.8 Å². The Morgan fingerprint density at radius 3 is 2.29 bits per heavy atom. The highest BCUT2D eigenvalue weighted by atomic mass is 16.5. The smallest absolute Gasteiger partial charge is 0.338 e. The van der Waals surface area contributed by atoms with E-state index in [-0.39, 0.29) is 22.4 Å². The molecule has 0 spiro atoms. The molecule has 31 heavy (non-hydrogen) atoms. The average molecular weight is 423 g/mol. The third-order valence-electron chi connectivity index (χ3n) is 4.54. The van der Waals surface area contributed by atoms with Gasteiger partial charge >= 0.3 is 12.0 Å². The fraction of sp³-hybridized carbons (Fsp3) is 0.227. The van der Waals surface area contributed by atoms with Crippen molar-refractivity contribution in [3.05, 3.63) is 65.2 Å². The summed E-state index contributed by atoms with van der Waals surface area (Å²) >= 11 is 0. The van der Waals surface area contributed by atoms with E-state index in [1.807, 2.05) is 6.92 Å². The Labute approximate surface area is 178 Å². The van der Waals surface area contributed by atoms with Gasteiger partial charge in [0.2, 0.25) is 0 Å². The summed E-state index contributed by atoms with van der Waals surface area (Å²) in [4.78, 5) is 61.8. The van der Waals surface area contributed by atoms with Gasteiger partial charge in [0.15, 0.2) is 6.61 Å². The highest BCUT2D eigenvalue weighted by molar-refractivity contribution is 6.34. The summed E-state index contributed by atoms with van der Waals surface area (Å²) in [6.45, 7) is 1.74. The molecule has 9 heteroatoms. The Hall–Kier alpha value is -4.01. The van der Waals surface area contributed by atoms with Crippen molar-refractivity contribution in [2.24, 2.45) is 0 Å². The monoisotopic (exact) mass is 423 g/mol. The second-order valence-corrected chi connectivity index (χ2v) is 6.78. The van der Waals surface area contributed by atoms with E-state index in [4.69, 9.17) is 4.74 Å². The molecule has 160 valence electrons. The maximum absolute atomic E-state index is 12.6. The zero-order chi connectivity index (χ0) is 22.4. The number of urea groups is 1. The molecule has 2 aromatic rings. The molecule has 1 heterocycles. The molecule has 3 rings (SSSR count). The van der Waals surface area contributed by atoms with E-state index in [1.165, 1.54) is 24.3 Å². The van der Waals surface area contributed by atoms with Crippen LogP contribution in [0.3, 0.4) is 0 Å². The summed E-state index contributed by atoms with van der Waals surface area (Å²) in [5.74, 6) is -2.59. The Balaban J connectivity index is 1.61. The van der Waals surface area contributed by atoms with Crippen LogP contribution < -0.4 is 15.5 Å². The van der Waals surface area contributed by atoms with Crippen LogP contribution in [0, 0.1) is 0 Å².